The Kier molecular flexibility index (Phi) is 3.55. The van der Waals surface area contributed by atoms with E-state index >= 15 is 0 Å². The van der Waals surface area contributed by atoms with Crippen molar-refractivity contribution in [3.8, 4) is 0 Å². The molecule has 96 valence electrons. The second-order valence-electron chi connectivity index (χ2n) is 4.54. The number of aromatic nitrogens is 1. The van der Waals surface area contributed by atoms with Crippen molar-refractivity contribution in [1.29, 1.82) is 0 Å². The summed E-state index contributed by atoms with van der Waals surface area (Å²) in [5.74, 6) is 0.326. The molecule has 6 nitrogen and oxygen atoms in total. The summed E-state index contributed by atoms with van der Waals surface area (Å²) in [6, 6.07) is 3.10. The van der Waals surface area contributed by atoms with Crippen LogP contribution in [0.1, 0.15) is 18.5 Å². The number of anilines is 1. The standard InChI is InChI=1S/C12H15N3O3/c1-9-4-5-11(15(17)18)12(13-9)14-6-2-3-10(7-14)8-16/h4-5,8,10H,2-3,6-7H2,1H3. The number of nitro groups is 1. The molecule has 2 rings (SSSR count). The lowest BCUT2D eigenvalue weighted by Crippen LogP contribution is -2.37. The average Bonchev–Trinajstić information content (AvgIpc) is 2.38. The first kappa shape index (κ1) is 12.5. The Hall–Kier alpha value is -1.98. The lowest BCUT2D eigenvalue weighted by molar-refractivity contribution is -0.384. The van der Waals surface area contributed by atoms with Crippen LogP contribution in [0.25, 0.3) is 0 Å². The maximum absolute atomic E-state index is 11.0. The van der Waals surface area contributed by atoms with Gasteiger partial charge in [-0.2, -0.15) is 0 Å². The largest absolute Gasteiger partial charge is 0.350 e. The summed E-state index contributed by atoms with van der Waals surface area (Å²) in [7, 11) is 0. The van der Waals surface area contributed by atoms with Crippen LogP contribution in [0.2, 0.25) is 0 Å². The first-order valence-corrected chi connectivity index (χ1v) is 5.94. The number of pyridine rings is 1. The number of hydrogen-bond donors (Lipinski definition) is 0. The monoisotopic (exact) mass is 249 g/mol. The molecule has 1 aromatic rings. The first-order valence-electron chi connectivity index (χ1n) is 5.94. The molecule has 1 unspecified atom stereocenters. The zero-order valence-corrected chi connectivity index (χ0v) is 10.2. The molecule has 0 N–H and O–H groups in total. The Morgan fingerprint density at radius 3 is 3.00 bits per heavy atom. The molecule has 0 bridgehead atoms. The fourth-order valence-corrected chi connectivity index (χ4v) is 2.22. The predicted octanol–water partition coefficient (Wildman–Crippen LogP) is 1.71. The second kappa shape index (κ2) is 5.12. The lowest BCUT2D eigenvalue weighted by Gasteiger charge is -2.30. The van der Waals surface area contributed by atoms with Crippen molar-refractivity contribution in [2.24, 2.45) is 5.92 Å². The van der Waals surface area contributed by atoms with Gasteiger partial charge in [0.25, 0.3) is 0 Å². The highest BCUT2D eigenvalue weighted by atomic mass is 16.6. The first-order chi connectivity index (χ1) is 8.61. The van der Waals surface area contributed by atoms with Crippen LogP contribution in [-0.4, -0.2) is 29.3 Å². The molecule has 0 spiro atoms. The van der Waals surface area contributed by atoms with E-state index in [-0.39, 0.29) is 11.6 Å². The van der Waals surface area contributed by atoms with Crippen LogP contribution in [0.3, 0.4) is 0 Å². The van der Waals surface area contributed by atoms with Gasteiger partial charge in [-0.1, -0.05) is 0 Å². The minimum atomic E-state index is -0.424. The van der Waals surface area contributed by atoms with E-state index in [4.69, 9.17) is 0 Å². The summed E-state index contributed by atoms with van der Waals surface area (Å²) in [5.41, 5.74) is 0.746. The number of carbonyl (C=O) groups excluding carboxylic acids is 1. The van der Waals surface area contributed by atoms with Gasteiger partial charge >= 0.3 is 5.69 Å². The topological polar surface area (TPSA) is 76.3 Å². The number of rotatable bonds is 3. The molecule has 1 atom stereocenters. The van der Waals surface area contributed by atoms with E-state index in [1.54, 1.807) is 13.0 Å². The molecule has 1 aliphatic rings. The van der Waals surface area contributed by atoms with E-state index in [1.807, 2.05) is 4.90 Å². The van der Waals surface area contributed by atoms with Gasteiger partial charge in [0.2, 0.25) is 5.82 Å². The van der Waals surface area contributed by atoms with Gasteiger partial charge in [0.15, 0.2) is 0 Å². The van der Waals surface area contributed by atoms with Gasteiger partial charge in [-0.3, -0.25) is 10.1 Å². The Morgan fingerprint density at radius 1 is 1.56 bits per heavy atom. The lowest BCUT2D eigenvalue weighted by atomic mass is 9.99. The van der Waals surface area contributed by atoms with Crippen LogP contribution in [-0.2, 0) is 4.79 Å². The maximum atomic E-state index is 11.0. The summed E-state index contributed by atoms with van der Waals surface area (Å²) >= 11 is 0. The molecule has 0 aromatic carbocycles. The number of piperidine rings is 1. The number of aryl methyl sites for hydroxylation is 1. The summed E-state index contributed by atoms with van der Waals surface area (Å²) in [6.07, 6.45) is 2.63. The van der Waals surface area contributed by atoms with Crippen molar-refractivity contribution in [3.05, 3.63) is 27.9 Å². The van der Waals surface area contributed by atoms with Crippen LogP contribution >= 0.6 is 0 Å². The quantitative estimate of drug-likeness (QED) is 0.463. The van der Waals surface area contributed by atoms with Gasteiger partial charge in [0.1, 0.15) is 6.29 Å². The molecule has 1 aromatic heterocycles. The minimum Gasteiger partial charge on any atom is -0.350 e. The fraction of sp³-hybridized carbons (Fsp3) is 0.500. The summed E-state index contributed by atoms with van der Waals surface area (Å²) in [5, 5.41) is 11.0. The summed E-state index contributed by atoms with van der Waals surface area (Å²) < 4.78 is 0. The zero-order chi connectivity index (χ0) is 13.1. The van der Waals surface area contributed by atoms with Crippen molar-refractivity contribution in [3.63, 3.8) is 0 Å². The molecule has 0 radical (unpaired) electrons. The van der Waals surface area contributed by atoms with Gasteiger partial charge in [-0.25, -0.2) is 4.98 Å². The maximum Gasteiger partial charge on any atom is 0.311 e. The third-order valence-corrected chi connectivity index (χ3v) is 3.14. The van der Waals surface area contributed by atoms with E-state index in [0.717, 1.165) is 24.8 Å². The Balaban J connectivity index is 2.33. The highest BCUT2D eigenvalue weighted by Gasteiger charge is 2.26. The molecule has 6 heteroatoms. The zero-order valence-electron chi connectivity index (χ0n) is 10.2. The van der Waals surface area contributed by atoms with Gasteiger partial charge < -0.3 is 9.69 Å². The molecule has 0 saturated carbocycles. The smallest absolute Gasteiger partial charge is 0.311 e. The highest BCUT2D eigenvalue weighted by molar-refractivity contribution is 5.61. The van der Waals surface area contributed by atoms with Crippen molar-refractivity contribution in [1.82, 2.24) is 4.98 Å². The van der Waals surface area contributed by atoms with Crippen LogP contribution < -0.4 is 4.90 Å². The van der Waals surface area contributed by atoms with Gasteiger partial charge in [0.05, 0.1) is 4.92 Å². The highest BCUT2D eigenvalue weighted by Crippen LogP contribution is 2.29. The molecule has 0 amide bonds. The van der Waals surface area contributed by atoms with Crippen molar-refractivity contribution in [2.45, 2.75) is 19.8 Å². The Bertz CT molecular complexity index is 476. The normalized spacial score (nSPS) is 19.6. The van der Waals surface area contributed by atoms with Crippen molar-refractivity contribution < 1.29 is 9.72 Å². The molecule has 1 fully saturated rings. The van der Waals surface area contributed by atoms with Crippen LogP contribution in [0.5, 0.6) is 0 Å². The molecule has 18 heavy (non-hydrogen) atoms. The summed E-state index contributed by atoms with van der Waals surface area (Å²) in [4.78, 5) is 27.5. The van der Waals surface area contributed by atoms with Gasteiger partial charge in [-0.05, 0) is 25.8 Å². The molecule has 1 saturated heterocycles. The van der Waals surface area contributed by atoms with Crippen molar-refractivity contribution in [2.75, 3.05) is 18.0 Å². The average molecular weight is 249 g/mol. The van der Waals surface area contributed by atoms with Crippen LogP contribution in [0.4, 0.5) is 11.5 Å². The molecule has 1 aliphatic heterocycles. The van der Waals surface area contributed by atoms with Gasteiger partial charge in [0, 0.05) is 30.8 Å². The van der Waals surface area contributed by atoms with E-state index in [1.165, 1.54) is 6.07 Å². The fourth-order valence-electron chi connectivity index (χ4n) is 2.22. The van der Waals surface area contributed by atoms with E-state index in [0.29, 0.717) is 18.9 Å². The Labute approximate surface area is 105 Å². The Morgan fingerprint density at radius 2 is 2.33 bits per heavy atom. The number of aldehydes is 1. The number of hydrogen-bond acceptors (Lipinski definition) is 5. The minimum absolute atomic E-state index is 0.00662. The van der Waals surface area contributed by atoms with Crippen LogP contribution in [0.15, 0.2) is 12.1 Å². The predicted molar refractivity (Wildman–Crippen MR) is 66.6 cm³/mol. The second-order valence-corrected chi connectivity index (χ2v) is 4.54. The van der Waals surface area contributed by atoms with Crippen LogP contribution in [0, 0.1) is 23.0 Å². The molecular formula is C12H15N3O3. The third kappa shape index (κ3) is 2.47. The van der Waals surface area contributed by atoms with E-state index < -0.39 is 4.92 Å². The SMILES string of the molecule is Cc1ccc([N+](=O)[O-])c(N2CCCC(C=O)C2)n1. The van der Waals surface area contributed by atoms with Crippen molar-refractivity contribution >= 4 is 17.8 Å². The van der Waals surface area contributed by atoms with E-state index in [2.05, 4.69) is 4.98 Å². The number of nitrogens with zero attached hydrogens (tertiary/aromatic N) is 3. The number of carbonyl (C=O) groups is 1. The summed E-state index contributed by atoms with van der Waals surface area (Å²) in [6.45, 7) is 3.02. The van der Waals surface area contributed by atoms with Gasteiger partial charge in [-0.15, -0.1) is 0 Å². The molecule has 2 heterocycles. The van der Waals surface area contributed by atoms with E-state index in [9.17, 15) is 14.9 Å². The molecule has 0 aliphatic carbocycles. The third-order valence-electron chi connectivity index (χ3n) is 3.14. The molecular weight excluding hydrogens is 234 g/mol.